The van der Waals surface area contributed by atoms with Crippen LogP contribution < -0.4 is 16.8 Å². The zero-order chi connectivity index (χ0) is 13.4. The van der Waals surface area contributed by atoms with Crippen molar-refractivity contribution >= 4 is 23.2 Å². The maximum Gasteiger partial charge on any atom is 0.238 e. The summed E-state index contributed by atoms with van der Waals surface area (Å²) in [5.74, 6) is -1.09. The Labute approximate surface area is 105 Å². The number of carbonyl (C=O) groups is 1. The van der Waals surface area contributed by atoms with Crippen molar-refractivity contribution in [3.05, 3.63) is 28.5 Å². The molecule has 0 bridgehead atoms. The van der Waals surface area contributed by atoms with E-state index in [1.165, 1.54) is 6.07 Å². The van der Waals surface area contributed by atoms with Crippen molar-refractivity contribution in [1.29, 1.82) is 0 Å². The van der Waals surface area contributed by atoms with Gasteiger partial charge in [-0.3, -0.25) is 4.79 Å². The molecule has 0 heterocycles. The van der Waals surface area contributed by atoms with Gasteiger partial charge in [0.2, 0.25) is 5.91 Å². The van der Waals surface area contributed by atoms with E-state index in [1.807, 2.05) is 6.92 Å². The highest BCUT2D eigenvalue weighted by molar-refractivity contribution is 6.31. The van der Waals surface area contributed by atoms with Gasteiger partial charge in [0.05, 0.1) is 17.3 Å². The number of aryl methyl sites for hydroxylation is 1. The van der Waals surface area contributed by atoms with Crippen LogP contribution in [0.25, 0.3) is 0 Å². The van der Waals surface area contributed by atoms with Gasteiger partial charge in [0.15, 0.2) is 5.82 Å². The van der Waals surface area contributed by atoms with Gasteiger partial charge in [0, 0.05) is 0 Å². The molecule has 0 aromatic heterocycles. The number of nitrogens with two attached hydrogens (primary N) is 2. The Morgan fingerprint density at radius 1 is 1.47 bits per heavy atom. The highest BCUT2D eigenvalue weighted by Gasteiger charge is 2.10. The van der Waals surface area contributed by atoms with Gasteiger partial charge in [-0.05, 0) is 25.1 Å². The van der Waals surface area contributed by atoms with Crippen molar-refractivity contribution in [1.82, 2.24) is 0 Å². The van der Waals surface area contributed by atoms with E-state index in [0.717, 1.165) is 6.54 Å². The summed E-state index contributed by atoms with van der Waals surface area (Å²) in [5, 5.41) is 2.32. The summed E-state index contributed by atoms with van der Waals surface area (Å²) in [5.41, 5.74) is 10.6. The number of nitrogens with one attached hydrogen (secondary N) is 1. The van der Waals surface area contributed by atoms with Crippen LogP contribution in [-0.4, -0.2) is 19.0 Å². The van der Waals surface area contributed by atoms with Crippen molar-refractivity contribution < 1.29 is 9.18 Å². The SMILES string of the molecule is CCN.Cc1ccc(NC(=O)CN)c(F)c1Cl. The molecule has 0 atom stereocenters. The predicted molar refractivity (Wildman–Crippen MR) is 68.6 cm³/mol. The molecule has 0 spiro atoms. The van der Waals surface area contributed by atoms with Crippen LogP contribution in [0.4, 0.5) is 10.1 Å². The third kappa shape index (κ3) is 5.12. The number of hydrogen-bond donors (Lipinski definition) is 3. The van der Waals surface area contributed by atoms with Gasteiger partial charge < -0.3 is 16.8 Å². The second-order valence-electron chi connectivity index (χ2n) is 3.22. The van der Waals surface area contributed by atoms with Gasteiger partial charge in [-0.15, -0.1) is 0 Å². The molecule has 1 amide bonds. The Bertz CT molecular complexity index is 385. The Morgan fingerprint density at radius 2 is 2.00 bits per heavy atom. The molecule has 0 aliphatic rings. The molecule has 17 heavy (non-hydrogen) atoms. The lowest BCUT2D eigenvalue weighted by Gasteiger charge is -2.07. The molecule has 0 aliphatic carbocycles. The van der Waals surface area contributed by atoms with E-state index < -0.39 is 11.7 Å². The van der Waals surface area contributed by atoms with Crippen LogP contribution in [-0.2, 0) is 4.79 Å². The van der Waals surface area contributed by atoms with E-state index >= 15 is 0 Å². The molecule has 0 aliphatic heterocycles. The van der Waals surface area contributed by atoms with Crippen molar-refractivity contribution in [2.45, 2.75) is 13.8 Å². The van der Waals surface area contributed by atoms with Gasteiger partial charge in [0.1, 0.15) is 0 Å². The molecule has 0 unspecified atom stereocenters. The second-order valence-corrected chi connectivity index (χ2v) is 3.60. The molecule has 0 radical (unpaired) electrons. The number of hydrogen-bond acceptors (Lipinski definition) is 3. The second kappa shape index (κ2) is 8.00. The number of anilines is 1. The van der Waals surface area contributed by atoms with Gasteiger partial charge in [-0.25, -0.2) is 4.39 Å². The Kier molecular flexibility index (Phi) is 7.45. The van der Waals surface area contributed by atoms with Gasteiger partial charge >= 0.3 is 0 Å². The summed E-state index contributed by atoms with van der Waals surface area (Å²) in [7, 11) is 0. The fraction of sp³-hybridized carbons (Fsp3) is 0.364. The number of amides is 1. The average Bonchev–Trinajstić information content (AvgIpc) is 2.31. The monoisotopic (exact) mass is 261 g/mol. The van der Waals surface area contributed by atoms with E-state index in [0.29, 0.717) is 5.56 Å². The first-order valence-electron chi connectivity index (χ1n) is 5.12. The summed E-state index contributed by atoms with van der Waals surface area (Å²) in [6.45, 7) is 4.14. The Hall–Kier alpha value is -1.17. The maximum atomic E-state index is 13.4. The highest BCUT2D eigenvalue weighted by Crippen LogP contribution is 2.25. The lowest BCUT2D eigenvalue weighted by Crippen LogP contribution is -2.22. The van der Waals surface area contributed by atoms with Crippen molar-refractivity contribution in [3.63, 3.8) is 0 Å². The van der Waals surface area contributed by atoms with E-state index in [9.17, 15) is 9.18 Å². The summed E-state index contributed by atoms with van der Waals surface area (Å²) in [4.78, 5) is 10.9. The lowest BCUT2D eigenvalue weighted by atomic mass is 10.2. The topological polar surface area (TPSA) is 81.1 Å². The molecule has 0 fully saturated rings. The van der Waals surface area contributed by atoms with E-state index in [1.54, 1.807) is 13.0 Å². The van der Waals surface area contributed by atoms with Crippen LogP contribution in [0.2, 0.25) is 5.02 Å². The molecule has 6 heteroatoms. The van der Waals surface area contributed by atoms with E-state index in [4.69, 9.17) is 23.1 Å². The van der Waals surface area contributed by atoms with Crippen LogP contribution >= 0.6 is 11.6 Å². The van der Waals surface area contributed by atoms with Gasteiger partial charge in [-0.1, -0.05) is 24.6 Å². The van der Waals surface area contributed by atoms with Crippen LogP contribution in [0, 0.1) is 12.7 Å². The number of halogens is 2. The minimum Gasteiger partial charge on any atom is -0.331 e. The normalized spacial score (nSPS) is 9.29. The largest absolute Gasteiger partial charge is 0.331 e. The number of rotatable bonds is 2. The molecule has 1 aromatic rings. The summed E-state index contributed by atoms with van der Waals surface area (Å²) in [6, 6.07) is 3.07. The minimum atomic E-state index is -0.631. The van der Waals surface area contributed by atoms with Gasteiger partial charge in [-0.2, -0.15) is 0 Å². The zero-order valence-electron chi connectivity index (χ0n) is 9.89. The molecule has 4 nitrogen and oxygen atoms in total. The Morgan fingerprint density at radius 3 is 2.47 bits per heavy atom. The average molecular weight is 262 g/mol. The summed E-state index contributed by atoms with van der Waals surface area (Å²) in [6.07, 6.45) is 0. The van der Waals surface area contributed by atoms with E-state index in [-0.39, 0.29) is 17.3 Å². The molecule has 1 aromatic carbocycles. The number of carbonyl (C=O) groups excluding carboxylic acids is 1. The molecular weight excluding hydrogens is 245 g/mol. The first-order valence-corrected chi connectivity index (χ1v) is 5.50. The Balaban J connectivity index is 0.000000770. The molecule has 1 rings (SSSR count). The maximum absolute atomic E-state index is 13.4. The highest BCUT2D eigenvalue weighted by atomic mass is 35.5. The van der Waals surface area contributed by atoms with Crippen LogP contribution in [0.15, 0.2) is 12.1 Å². The first-order chi connectivity index (χ1) is 7.97. The standard InChI is InChI=1S/C9H10ClFN2O.C2H7N/c1-5-2-3-6(9(11)8(5)10)13-7(14)4-12;1-2-3/h2-3H,4,12H2,1H3,(H,13,14);2-3H2,1H3. The lowest BCUT2D eigenvalue weighted by molar-refractivity contribution is -0.114. The molecule has 0 saturated heterocycles. The van der Waals surface area contributed by atoms with Crippen LogP contribution in [0.3, 0.4) is 0 Å². The van der Waals surface area contributed by atoms with Crippen molar-refractivity contribution in [3.8, 4) is 0 Å². The third-order valence-electron chi connectivity index (χ3n) is 1.73. The third-order valence-corrected chi connectivity index (χ3v) is 2.20. The minimum absolute atomic E-state index is 0.0137. The quantitative estimate of drug-likeness (QED) is 0.757. The summed E-state index contributed by atoms with van der Waals surface area (Å²) < 4.78 is 13.4. The molecule has 0 saturated carbocycles. The molecule has 96 valence electrons. The number of benzene rings is 1. The van der Waals surface area contributed by atoms with Crippen molar-refractivity contribution in [2.24, 2.45) is 11.5 Å². The molecule has 5 N–H and O–H groups in total. The van der Waals surface area contributed by atoms with Crippen molar-refractivity contribution in [2.75, 3.05) is 18.4 Å². The first kappa shape index (κ1) is 15.8. The predicted octanol–water partition coefficient (Wildman–Crippen LogP) is 1.65. The van der Waals surface area contributed by atoms with Gasteiger partial charge in [0.25, 0.3) is 0 Å². The summed E-state index contributed by atoms with van der Waals surface area (Å²) >= 11 is 5.65. The van der Waals surface area contributed by atoms with Crippen LogP contribution in [0.5, 0.6) is 0 Å². The smallest absolute Gasteiger partial charge is 0.238 e. The fourth-order valence-electron chi connectivity index (χ4n) is 0.944. The fourth-order valence-corrected chi connectivity index (χ4v) is 1.11. The van der Waals surface area contributed by atoms with Crippen LogP contribution in [0.1, 0.15) is 12.5 Å². The van der Waals surface area contributed by atoms with E-state index in [2.05, 4.69) is 5.32 Å². The zero-order valence-corrected chi connectivity index (χ0v) is 10.6. The molecular formula is C11H17ClFN3O.